The number of nitrogens with zero attached hydrogens (tertiary/aromatic N) is 1. The fraction of sp³-hybridized carbons (Fsp3) is 0.632. The van der Waals surface area contributed by atoms with Gasteiger partial charge in [-0.1, -0.05) is 47.6 Å². The van der Waals surface area contributed by atoms with Gasteiger partial charge in [-0.2, -0.15) is 0 Å². The van der Waals surface area contributed by atoms with Gasteiger partial charge >= 0.3 is 0 Å². The van der Waals surface area contributed by atoms with Crippen molar-refractivity contribution in [2.45, 2.75) is 65.2 Å². The average Bonchev–Trinajstić information content (AvgIpc) is 2.45. The van der Waals surface area contributed by atoms with Gasteiger partial charge in [0, 0.05) is 5.56 Å². The number of hydrogen-bond acceptors (Lipinski definition) is 1. The maximum atomic E-state index is 6.05. The molecular formula is C19H30NO+. The van der Waals surface area contributed by atoms with Crippen molar-refractivity contribution in [1.82, 2.24) is 0 Å². The van der Waals surface area contributed by atoms with Crippen LogP contribution in [0.1, 0.15) is 71.1 Å². The highest BCUT2D eigenvalue weighted by atomic mass is 16.5. The monoisotopic (exact) mass is 288 g/mol. The zero-order valence-electron chi connectivity index (χ0n) is 14.7. The molecule has 1 aromatic carbocycles. The Morgan fingerprint density at radius 1 is 1.05 bits per heavy atom. The maximum Gasteiger partial charge on any atom is 0.286 e. The van der Waals surface area contributed by atoms with Gasteiger partial charge in [-0.3, -0.25) is 0 Å². The predicted octanol–water partition coefficient (Wildman–Crippen LogP) is 4.47. The van der Waals surface area contributed by atoms with Crippen molar-refractivity contribution < 1.29 is 9.31 Å². The van der Waals surface area contributed by atoms with E-state index in [0.29, 0.717) is 6.73 Å². The second-order valence-corrected chi connectivity index (χ2v) is 7.58. The summed E-state index contributed by atoms with van der Waals surface area (Å²) in [5, 5.41) is 0. The van der Waals surface area contributed by atoms with Crippen molar-refractivity contribution in [3.63, 3.8) is 0 Å². The van der Waals surface area contributed by atoms with Crippen molar-refractivity contribution in [1.29, 1.82) is 0 Å². The molecule has 116 valence electrons. The molecule has 0 N–H and O–H groups in total. The van der Waals surface area contributed by atoms with E-state index in [4.69, 9.17) is 4.74 Å². The third-order valence-electron chi connectivity index (χ3n) is 5.17. The molecule has 0 radical (unpaired) electrons. The Labute approximate surface area is 129 Å². The first-order valence-corrected chi connectivity index (χ1v) is 8.08. The van der Waals surface area contributed by atoms with Crippen LogP contribution in [-0.2, 0) is 10.8 Å². The lowest BCUT2D eigenvalue weighted by atomic mass is 9.75. The molecule has 0 fully saturated rings. The Hall–Kier alpha value is -1.31. The first-order valence-electron chi connectivity index (χ1n) is 8.08. The molecule has 1 aromatic rings. The molecule has 0 amide bonds. The van der Waals surface area contributed by atoms with E-state index in [1.165, 1.54) is 16.7 Å². The average molecular weight is 288 g/mol. The van der Waals surface area contributed by atoms with E-state index < -0.39 is 0 Å². The molecule has 0 aliphatic carbocycles. The van der Waals surface area contributed by atoms with E-state index in [9.17, 15) is 0 Å². The first-order chi connectivity index (χ1) is 9.71. The van der Waals surface area contributed by atoms with Crippen molar-refractivity contribution >= 4 is 6.21 Å². The van der Waals surface area contributed by atoms with Crippen molar-refractivity contribution in [2.75, 3.05) is 13.8 Å². The number of benzene rings is 1. The summed E-state index contributed by atoms with van der Waals surface area (Å²) < 4.78 is 8.16. The van der Waals surface area contributed by atoms with E-state index in [1.54, 1.807) is 0 Å². The van der Waals surface area contributed by atoms with E-state index in [-0.39, 0.29) is 10.8 Å². The Morgan fingerprint density at radius 2 is 1.67 bits per heavy atom. The first kappa shape index (κ1) is 16.1. The van der Waals surface area contributed by atoms with Gasteiger partial charge in [0.15, 0.2) is 6.21 Å². The fourth-order valence-electron chi connectivity index (χ4n) is 2.64. The smallest absolute Gasteiger partial charge is 0.286 e. The minimum atomic E-state index is 0.133. The molecule has 2 rings (SSSR count). The lowest BCUT2D eigenvalue weighted by Gasteiger charge is -2.31. The molecular weight excluding hydrogens is 258 g/mol. The molecule has 2 nitrogen and oxygen atoms in total. The van der Waals surface area contributed by atoms with Crippen LogP contribution in [0.5, 0.6) is 5.75 Å². The minimum absolute atomic E-state index is 0.133. The summed E-state index contributed by atoms with van der Waals surface area (Å²) in [4.78, 5) is 0. The largest absolute Gasteiger partial charge is 0.435 e. The van der Waals surface area contributed by atoms with Gasteiger partial charge in [0.25, 0.3) is 6.73 Å². The molecule has 0 unspecified atom stereocenters. The summed E-state index contributed by atoms with van der Waals surface area (Å²) in [5.41, 5.74) is 4.31. The normalized spacial score (nSPS) is 15.3. The molecule has 0 saturated heterocycles. The van der Waals surface area contributed by atoms with Crippen LogP contribution in [0.25, 0.3) is 0 Å². The maximum absolute atomic E-state index is 6.05. The molecule has 21 heavy (non-hydrogen) atoms. The van der Waals surface area contributed by atoms with Gasteiger partial charge in [-0.15, -0.1) is 0 Å². The molecule has 1 heterocycles. The highest BCUT2D eigenvalue weighted by molar-refractivity contribution is 5.82. The van der Waals surface area contributed by atoms with Crippen molar-refractivity contribution in [2.24, 2.45) is 0 Å². The topological polar surface area (TPSA) is 12.2 Å². The quantitative estimate of drug-likeness (QED) is 0.744. The van der Waals surface area contributed by atoms with Crippen LogP contribution in [0.15, 0.2) is 12.1 Å². The third kappa shape index (κ3) is 3.00. The Balaban J connectivity index is 2.70. The molecule has 0 atom stereocenters. The fourth-order valence-corrected chi connectivity index (χ4v) is 2.64. The molecule has 1 aliphatic rings. The van der Waals surface area contributed by atoms with E-state index in [2.05, 4.69) is 71.5 Å². The van der Waals surface area contributed by atoms with Crippen LogP contribution < -0.4 is 4.74 Å². The van der Waals surface area contributed by atoms with Gasteiger partial charge in [0.1, 0.15) is 12.8 Å². The molecule has 0 aromatic heterocycles. The zero-order chi connectivity index (χ0) is 15.8. The van der Waals surface area contributed by atoms with Crippen LogP contribution in [0.3, 0.4) is 0 Å². The molecule has 2 heteroatoms. The highest BCUT2D eigenvalue weighted by Gasteiger charge is 2.30. The number of ether oxygens (including phenoxy) is 1. The van der Waals surface area contributed by atoms with Gasteiger partial charge in [-0.05, 0) is 35.3 Å². The van der Waals surface area contributed by atoms with Gasteiger partial charge in [0.05, 0.1) is 5.56 Å². The highest BCUT2D eigenvalue weighted by Crippen LogP contribution is 2.40. The van der Waals surface area contributed by atoms with Crippen molar-refractivity contribution in [3.05, 3.63) is 28.8 Å². The van der Waals surface area contributed by atoms with E-state index in [1.807, 2.05) is 0 Å². The third-order valence-corrected chi connectivity index (χ3v) is 5.17. The van der Waals surface area contributed by atoms with E-state index >= 15 is 0 Å². The van der Waals surface area contributed by atoms with Gasteiger partial charge in [-0.25, -0.2) is 4.58 Å². The van der Waals surface area contributed by atoms with E-state index in [0.717, 1.165) is 18.6 Å². The Morgan fingerprint density at radius 3 is 2.24 bits per heavy atom. The summed E-state index contributed by atoms with van der Waals surface area (Å²) in [6, 6.07) is 4.69. The second kappa shape index (κ2) is 5.47. The van der Waals surface area contributed by atoms with Crippen LogP contribution in [0, 0.1) is 0 Å². The second-order valence-electron chi connectivity index (χ2n) is 7.58. The summed E-state index contributed by atoms with van der Waals surface area (Å²) in [7, 11) is 2.06. The molecule has 0 spiro atoms. The number of rotatable bonds is 4. The Kier molecular flexibility index (Phi) is 4.19. The summed E-state index contributed by atoms with van der Waals surface area (Å²) in [6.45, 7) is 14.4. The standard InChI is InChI=1S/C19H30NO/c1-8-18(3,4)15-10-14-12-20(7)13-21-17(14)16(11-15)19(5,6)9-2/h10-12H,8-9,13H2,1-7H3/q+1. The predicted molar refractivity (Wildman–Crippen MR) is 89.9 cm³/mol. The number of hydrogen-bond donors (Lipinski definition) is 0. The van der Waals surface area contributed by atoms with Crippen LogP contribution in [-0.4, -0.2) is 24.6 Å². The van der Waals surface area contributed by atoms with Crippen LogP contribution in [0.2, 0.25) is 0 Å². The summed E-state index contributed by atoms with van der Waals surface area (Å²) >= 11 is 0. The minimum Gasteiger partial charge on any atom is -0.435 e. The molecule has 1 aliphatic heterocycles. The van der Waals surface area contributed by atoms with Crippen LogP contribution >= 0.6 is 0 Å². The SMILES string of the molecule is CCC(C)(C)c1cc2c(c(C(C)(C)CC)c1)OC[N+](C)=C2. The lowest BCUT2D eigenvalue weighted by Crippen LogP contribution is -2.27. The van der Waals surface area contributed by atoms with Gasteiger partial charge < -0.3 is 4.74 Å². The zero-order valence-corrected chi connectivity index (χ0v) is 14.7. The van der Waals surface area contributed by atoms with Crippen LogP contribution in [0.4, 0.5) is 0 Å². The Bertz CT molecular complexity index is 567. The summed E-state index contributed by atoms with van der Waals surface area (Å²) in [6.07, 6.45) is 4.45. The molecule has 0 bridgehead atoms. The summed E-state index contributed by atoms with van der Waals surface area (Å²) in [5.74, 6) is 1.08. The number of fused-ring (bicyclic) bond motifs is 1. The van der Waals surface area contributed by atoms with Crippen molar-refractivity contribution in [3.8, 4) is 5.75 Å². The van der Waals surface area contributed by atoms with Gasteiger partial charge in [0.2, 0.25) is 0 Å². The lowest BCUT2D eigenvalue weighted by molar-refractivity contribution is -0.528. The molecule has 0 saturated carbocycles.